The van der Waals surface area contributed by atoms with Gasteiger partial charge in [0.05, 0.1) is 6.10 Å². The average molecular weight is 237 g/mol. The lowest BCUT2D eigenvalue weighted by Gasteiger charge is -2.16. The topological polar surface area (TPSA) is 35.2 Å². The fraction of sp³-hybridized carbons (Fsp3) is 0.571. The molecule has 1 saturated heterocycles. The van der Waals surface area contributed by atoms with Crippen LogP contribution >= 0.6 is 0 Å². The van der Waals surface area contributed by atoms with Gasteiger partial charge in [0.1, 0.15) is 5.82 Å². The quantitative estimate of drug-likeness (QED) is 0.873. The lowest BCUT2D eigenvalue weighted by atomic mass is 9.99. The maximum Gasteiger partial charge on any atom is 0.128 e. The predicted molar refractivity (Wildman–Crippen MR) is 66.3 cm³/mol. The fourth-order valence-corrected chi connectivity index (χ4v) is 2.33. The van der Waals surface area contributed by atoms with Crippen LogP contribution in [0.2, 0.25) is 0 Å². The Labute approximate surface area is 102 Å². The molecule has 2 nitrogen and oxygen atoms in total. The number of ether oxygens (including phenoxy) is 1. The molecule has 0 aliphatic carbocycles. The van der Waals surface area contributed by atoms with Crippen molar-refractivity contribution < 1.29 is 9.13 Å². The van der Waals surface area contributed by atoms with Crippen LogP contribution in [0.1, 0.15) is 42.9 Å². The summed E-state index contributed by atoms with van der Waals surface area (Å²) >= 11 is 0. The lowest BCUT2D eigenvalue weighted by Crippen LogP contribution is -2.15. The van der Waals surface area contributed by atoms with E-state index in [1.165, 1.54) is 0 Å². The van der Waals surface area contributed by atoms with Gasteiger partial charge in [0, 0.05) is 18.2 Å². The standard InChI is InChI=1S/C14H20FNO/c1-10-4-6-12(13(15)9-10)14(16)7-5-11-3-2-8-17-11/h4,6,9,11,14H,2-3,5,7-8,16H2,1H3. The molecule has 0 amide bonds. The summed E-state index contributed by atoms with van der Waals surface area (Å²) in [4.78, 5) is 0. The van der Waals surface area contributed by atoms with Crippen LogP contribution in [0.5, 0.6) is 0 Å². The molecule has 0 spiro atoms. The summed E-state index contributed by atoms with van der Waals surface area (Å²) < 4.78 is 19.2. The molecule has 1 aromatic rings. The Kier molecular flexibility index (Phi) is 4.13. The van der Waals surface area contributed by atoms with Gasteiger partial charge in [-0.2, -0.15) is 0 Å². The molecular weight excluding hydrogens is 217 g/mol. The fourth-order valence-electron chi connectivity index (χ4n) is 2.33. The van der Waals surface area contributed by atoms with Gasteiger partial charge in [0.15, 0.2) is 0 Å². The Morgan fingerprint density at radius 3 is 3.00 bits per heavy atom. The Morgan fingerprint density at radius 1 is 1.53 bits per heavy atom. The number of hydrogen-bond acceptors (Lipinski definition) is 2. The smallest absolute Gasteiger partial charge is 0.128 e. The lowest BCUT2D eigenvalue weighted by molar-refractivity contribution is 0.101. The first-order valence-electron chi connectivity index (χ1n) is 6.30. The molecule has 1 fully saturated rings. The van der Waals surface area contributed by atoms with E-state index >= 15 is 0 Å². The molecule has 2 rings (SSSR count). The minimum Gasteiger partial charge on any atom is -0.378 e. The van der Waals surface area contributed by atoms with Gasteiger partial charge in [0.25, 0.3) is 0 Å². The zero-order chi connectivity index (χ0) is 12.3. The SMILES string of the molecule is Cc1ccc(C(N)CCC2CCCO2)c(F)c1. The molecule has 1 aromatic carbocycles. The summed E-state index contributed by atoms with van der Waals surface area (Å²) in [5.74, 6) is -0.190. The van der Waals surface area contributed by atoms with Crippen molar-refractivity contribution in [3.05, 3.63) is 35.1 Å². The monoisotopic (exact) mass is 237 g/mol. The first kappa shape index (κ1) is 12.5. The highest BCUT2D eigenvalue weighted by atomic mass is 19.1. The normalized spacial score (nSPS) is 21.7. The van der Waals surface area contributed by atoms with Crippen LogP contribution in [-0.4, -0.2) is 12.7 Å². The predicted octanol–water partition coefficient (Wildman–Crippen LogP) is 3.09. The zero-order valence-electron chi connectivity index (χ0n) is 10.3. The molecular formula is C14H20FNO. The van der Waals surface area contributed by atoms with Crippen LogP contribution in [0.15, 0.2) is 18.2 Å². The third kappa shape index (κ3) is 3.27. The molecule has 0 aromatic heterocycles. The molecule has 1 aliphatic rings. The molecule has 3 heteroatoms. The van der Waals surface area contributed by atoms with E-state index in [4.69, 9.17) is 10.5 Å². The third-order valence-corrected chi connectivity index (χ3v) is 3.38. The molecule has 0 bridgehead atoms. The van der Waals surface area contributed by atoms with E-state index in [9.17, 15) is 4.39 Å². The number of nitrogens with two attached hydrogens (primary N) is 1. The van der Waals surface area contributed by atoms with E-state index in [1.807, 2.05) is 13.0 Å². The second-order valence-corrected chi connectivity index (χ2v) is 4.84. The molecule has 2 N–H and O–H groups in total. The van der Waals surface area contributed by atoms with Gasteiger partial charge >= 0.3 is 0 Å². The largest absolute Gasteiger partial charge is 0.378 e. The molecule has 1 aliphatic heterocycles. The van der Waals surface area contributed by atoms with E-state index in [0.717, 1.165) is 37.9 Å². The second kappa shape index (κ2) is 5.61. The Balaban J connectivity index is 1.91. The third-order valence-electron chi connectivity index (χ3n) is 3.38. The molecule has 0 radical (unpaired) electrons. The summed E-state index contributed by atoms with van der Waals surface area (Å²) in [6.45, 7) is 2.74. The van der Waals surface area contributed by atoms with Gasteiger partial charge in [-0.05, 0) is 44.2 Å². The van der Waals surface area contributed by atoms with Crippen molar-refractivity contribution in [1.29, 1.82) is 0 Å². The second-order valence-electron chi connectivity index (χ2n) is 4.84. The molecule has 17 heavy (non-hydrogen) atoms. The zero-order valence-corrected chi connectivity index (χ0v) is 10.3. The minimum atomic E-state index is -0.222. The maximum atomic E-state index is 13.7. The van der Waals surface area contributed by atoms with Crippen molar-refractivity contribution in [2.75, 3.05) is 6.61 Å². The summed E-state index contributed by atoms with van der Waals surface area (Å²) in [5, 5.41) is 0. The summed E-state index contributed by atoms with van der Waals surface area (Å²) in [6.07, 6.45) is 4.29. The number of aryl methyl sites for hydroxylation is 1. The van der Waals surface area contributed by atoms with E-state index in [0.29, 0.717) is 11.7 Å². The van der Waals surface area contributed by atoms with Gasteiger partial charge in [-0.3, -0.25) is 0 Å². The van der Waals surface area contributed by atoms with Crippen LogP contribution in [-0.2, 0) is 4.74 Å². The van der Waals surface area contributed by atoms with Gasteiger partial charge in [-0.25, -0.2) is 4.39 Å². The highest BCUT2D eigenvalue weighted by molar-refractivity contribution is 5.25. The Hall–Kier alpha value is -0.930. The summed E-state index contributed by atoms with van der Waals surface area (Å²) in [5.41, 5.74) is 7.58. The molecule has 94 valence electrons. The van der Waals surface area contributed by atoms with E-state index in [-0.39, 0.29) is 11.9 Å². The summed E-state index contributed by atoms with van der Waals surface area (Å²) in [7, 11) is 0. The Bertz CT molecular complexity index is 374. The number of hydrogen-bond donors (Lipinski definition) is 1. The molecule has 2 unspecified atom stereocenters. The van der Waals surface area contributed by atoms with Crippen molar-refractivity contribution in [2.45, 2.75) is 44.8 Å². The van der Waals surface area contributed by atoms with Gasteiger partial charge in [-0.15, -0.1) is 0 Å². The van der Waals surface area contributed by atoms with Crippen LogP contribution in [0.25, 0.3) is 0 Å². The van der Waals surface area contributed by atoms with E-state index < -0.39 is 0 Å². The highest BCUT2D eigenvalue weighted by Gasteiger charge is 2.18. The molecule has 1 heterocycles. The van der Waals surface area contributed by atoms with Crippen LogP contribution in [0.3, 0.4) is 0 Å². The number of rotatable bonds is 4. The first-order chi connectivity index (χ1) is 8.16. The van der Waals surface area contributed by atoms with E-state index in [1.54, 1.807) is 12.1 Å². The van der Waals surface area contributed by atoms with Crippen molar-refractivity contribution in [1.82, 2.24) is 0 Å². The van der Waals surface area contributed by atoms with Crippen molar-refractivity contribution >= 4 is 0 Å². The highest BCUT2D eigenvalue weighted by Crippen LogP contribution is 2.24. The average Bonchev–Trinajstić information content (AvgIpc) is 2.78. The van der Waals surface area contributed by atoms with Gasteiger partial charge < -0.3 is 10.5 Å². The maximum absolute atomic E-state index is 13.7. The minimum absolute atomic E-state index is 0.190. The van der Waals surface area contributed by atoms with Crippen molar-refractivity contribution in [2.24, 2.45) is 5.73 Å². The first-order valence-corrected chi connectivity index (χ1v) is 6.30. The molecule has 2 atom stereocenters. The van der Waals surface area contributed by atoms with Crippen LogP contribution < -0.4 is 5.73 Å². The number of benzene rings is 1. The summed E-state index contributed by atoms with van der Waals surface area (Å²) in [6, 6.07) is 5.02. The van der Waals surface area contributed by atoms with Gasteiger partial charge in [0.2, 0.25) is 0 Å². The van der Waals surface area contributed by atoms with Gasteiger partial charge in [-0.1, -0.05) is 12.1 Å². The van der Waals surface area contributed by atoms with Crippen LogP contribution in [0, 0.1) is 12.7 Å². The van der Waals surface area contributed by atoms with Crippen molar-refractivity contribution in [3.63, 3.8) is 0 Å². The van der Waals surface area contributed by atoms with Crippen LogP contribution in [0.4, 0.5) is 4.39 Å². The molecule has 0 saturated carbocycles. The Morgan fingerprint density at radius 2 is 2.35 bits per heavy atom. The van der Waals surface area contributed by atoms with Crippen molar-refractivity contribution in [3.8, 4) is 0 Å². The number of halogens is 1. The van der Waals surface area contributed by atoms with E-state index in [2.05, 4.69) is 0 Å².